The summed E-state index contributed by atoms with van der Waals surface area (Å²) in [6, 6.07) is 8.11. The van der Waals surface area contributed by atoms with Crippen LogP contribution in [0.5, 0.6) is 0 Å². The van der Waals surface area contributed by atoms with E-state index in [2.05, 4.69) is 10.1 Å². The van der Waals surface area contributed by atoms with Crippen LogP contribution >= 0.6 is 22.9 Å². The third-order valence-corrected chi connectivity index (χ3v) is 7.02. The zero-order valence-electron chi connectivity index (χ0n) is 21.9. The molecule has 0 N–H and O–H groups in total. The van der Waals surface area contributed by atoms with Gasteiger partial charge in [-0.15, -0.1) is 11.3 Å². The van der Waals surface area contributed by atoms with E-state index in [-0.39, 0.29) is 28.6 Å². The number of carbonyl (C=O) groups is 3. The fourth-order valence-corrected chi connectivity index (χ4v) is 4.92. The van der Waals surface area contributed by atoms with Crippen molar-refractivity contribution in [1.29, 1.82) is 0 Å². The summed E-state index contributed by atoms with van der Waals surface area (Å²) < 4.78 is 12.6. The molecule has 11 nitrogen and oxygen atoms in total. The Morgan fingerprint density at radius 2 is 1.92 bits per heavy atom. The Morgan fingerprint density at radius 1 is 1.18 bits per heavy atom. The fourth-order valence-electron chi connectivity index (χ4n) is 3.78. The topological polar surface area (TPSA) is 130 Å². The second-order valence-corrected chi connectivity index (χ2v) is 11.5. The molecule has 39 heavy (non-hydrogen) atoms. The number of anilines is 1. The van der Waals surface area contributed by atoms with E-state index in [9.17, 15) is 19.2 Å². The van der Waals surface area contributed by atoms with E-state index in [1.807, 2.05) is 11.0 Å². The van der Waals surface area contributed by atoms with Gasteiger partial charge in [0.25, 0.3) is 11.5 Å². The highest BCUT2D eigenvalue weighted by Crippen LogP contribution is 2.29. The first-order chi connectivity index (χ1) is 18.4. The molecule has 0 aliphatic heterocycles. The molecule has 0 atom stereocenters. The summed E-state index contributed by atoms with van der Waals surface area (Å²) >= 11 is 7.50. The van der Waals surface area contributed by atoms with Crippen molar-refractivity contribution in [2.45, 2.75) is 33.9 Å². The second-order valence-electron chi connectivity index (χ2n) is 9.73. The number of methoxy groups -OCH3 is 1. The van der Waals surface area contributed by atoms with Crippen LogP contribution in [0.2, 0.25) is 4.34 Å². The highest BCUT2D eigenvalue weighted by atomic mass is 35.5. The Kier molecular flexibility index (Phi) is 7.89. The number of ketones is 1. The molecule has 13 heteroatoms. The number of halogens is 1. The van der Waals surface area contributed by atoms with E-state index in [0.29, 0.717) is 16.7 Å². The minimum Gasteiger partial charge on any atom is -0.464 e. The SMILES string of the molecule is COC(=O)c1ccc(-c2cc(N(C)Cc3ccc(Cl)s3)n(C(=O)C(C)(C)C)n2)c(=O)n1CC(=O)c1cocn1. The molecule has 0 spiro atoms. The quantitative estimate of drug-likeness (QED) is 0.223. The maximum Gasteiger partial charge on any atom is 0.354 e. The molecule has 0 aliphatic rings. The molecule has 0 aromatic carbocycles. The Balaban J connectivity index is 1.82. The number of oxazole rings is 1. The van der Waals surface area contributed by atoms with Crippen molar-refractivity contribution in [2.24, 2.45) is 5.41 Å². The van der Waals surface area contributed by atoms with Crippen LogP contribution in [0, 0.1) is 5.41 Å². The standard InChI is InChI=1S/C26H26ClN5O6S/c1-26(2,3)25(36)32-22(30(4)11-15-6-9-21(27)39-15)10-17(29-32)16-7-8-19(24(35)37-5)31(23(16)34)12-20(33)18-13-38-14-28-18/h6-10,13-14H,11-12H2,1-5H3. The number of carbonyl (C=O) groups excluding carboxylic acids is 3. The van der Waals surface area contributed by atoms with Crippen molar-refractivity contribution in [3.63, 3.8) is 0 Å². The number of rotatable bonds is 8. The van der Waals surface area contributed by atoms with Crippen LogP contribution in [0.3, 0.4) is 0 Å². The van der Waals surface area contributed by atoms with Gasteiger partial charge in [-0.05, 0) is 24.3 Å². The van der Waals surface area contributed by atoms with Crippen LogP contribution < -0.4 is 10.5 Å². The molecule has 0 saturated carbocycles. The van der Waals surface area contributed by atoms with Crippen LogP contribution in [-0.2, 0) is 17.8 Å². The molecule has 0 unspecified atom stereocenters. The summed E-state index contributed by atoms with van der Waals surface area (Å²) in [5, 5.41) is 4.50. The molecule has 0 fully saturated rings. The van der Waals surface area contributed by atoms with Gasteiger partial charge in [0.15, 0.2) is 6.39 Å². The molecule has 0 aliphatic carbocycles. The average Bonchev–Trinajstić information content (AvgIpc) is 3.65. The van der Waals surface area contributed by atoms with E-state index in [1.165, 1.54) is 35.3 Å². The monoisotopic (exact) mass is 571 g/mol. The maximum atomic E-state index is 13.7. The second kappa shape index (κ2) is 11.0. The normalized spacial score (nSPS) is 11.4. The molecule has 0 saturated heterocycles. The number of hydrogen-bond acceptors (Lipinski definition) is 10. The van der Waals surface area contributed by atoms with Crippen molar-refractivity contribution in [3.05, 3.63) is 73.9 Å². The Labute approximate surface area is 232 Å². The molecule has 204 valence electrons. The van der Waals surface area contributed by atoms with Gasteiger partial charge in [-0.3, -0.25) is 19.0 Å². The minimum atomic E-state index is -0.796. The van der Waals surface area contributed by atoms with Gasteiger partial charge in [0.05, 0.1) is 30.1 Å². The molecule has 4 heterocycles. The summed E-state index contributed by atoms with van der Waals surface area (Å²) in [5.41, 5.74) is -1.28. The number of ether oxygens (including phenoxy) is 1. The van der Waals surface area contributed by atoms with Crippen LogP contribution in [-0.4, -0.2) is 51.1 Å². The zero-order valence-corrected chi connectivity index (χ0v) is 23.5. The predicted molar refractivity (Wildman–Crippen MR) is 146 cm³/mol. The van der Waals surface area contributed by atoms with Crippen molar-refractivity contribution >= 4 is 46.4 Å². The molecule has 0 bridgehead atoms. The third kappa shape index (κ3) is 5.86. The number of thiophene rings is 1. The largest absolute Gasteiger partial charge is 0.464 e. The molecule has 0 amide bonds. The first kappa shape index (κ1) is 28.0. The zero-order chi connectivity index (χ0) is 28.5. The molecular weight excluding hydrogens is 546 g/mol. The van der Waals surface area contributed by atoms with Gasteiger partial charge in [0.2, 0.25) is 5.78 Å². The van der Waals surface area contributed by atoms with Gasteiger partial charge < -0.3 is 14.1 Å². The summed E-state index contributed by atoms with van der Waals surface area (Å²) in [6.07, 6.45) is 2.24. The van der Waals surface area contributed by atoms with Crippen LogP contribution in [0.1, 0.15) is 51.4 Å². The molecular formula is C26H26ClN5O6S. The molecule has 4 aromatic heterocycles. The van der Waals surface area contributed by atoms with Crippen LogP contribution in [0.15, 0.2) is 52.2 Å². The van der Waals surface area contributed by atoms with Crippen LogP contribution in [0.25, 0.3) is 11.3 Å². The average molecular weight is 572 g/mol. The van der Waals surface area contributed by atoms with Crippen molar-refractivity contribution < 1.29 is 23.5 Å². The van der Waals surface area contributed by atoms with Gasteiger partial charge in [-0.25, -0.2) is 9.78 Å². The maximum absolute atomic E-state index is 13.7. The minimum absolute atomic E-state index is 0.000706. The van der Waals surface area contributed by atoms with Gasteiger partial charge in [-0.2, -0.15) is 9.78 Å². The van der Waals surface area contributed by atoms with E-state index in [0.717, 1.165) is 22.1 Å². The highest BCUT2D eigenvalue weighted by molar-refractivity contribution is 7.16. The van der Waals surface area contributed by atoms with E-state index in [1.54, 1.807) is 40.0 Å². The lowest BCUT2D eigenvalue weighted by Gasteiger charge is -2.22. The Morgan fingerprint density at radius 3 is 2.51 bits per heavy atom. The number of pyridine rings is 1. The van der Waals surface area contributed by atoms with E-state index in [4.69, 9.17) is 20.8 Å². The lowest BCUT2D eigenvalue weighted by molar-refractivity contribution is 0.0586. The third-order valence-electron chi connectivity index (χ3n) is 5.80. The fraction of sp³-hybridized carbons (Fsp3) is 0.308. The van der Waals surface area contributed by atoms with Crippen molar-refractivity contribution in [3.8, 4) is 11.3 Å². The van der Waals surface area contributed by atoms with Gasteiger partial charge in [0, 0.05) is 23.4 Å². The summed E-state index contributed by atoms with van der Waals surface area (Å²) in [4.78, 5) is 58.8. The number of nitrogens with zero attached hydrogens (tertiary/aromatic N) is 5. The lowest BCUT2D eigenvalue weighted by Crippen LogP contribution is -2.31. The van der Waals surface area contributed by atoms with Crippen LogP contribution in [0.4, 0.5) is 5.82 Å². The van der Waals surface area contributed by atoms with Crippen molar-refractivity contribution in [2.75, 3.05) is 19.1 Å². The summed E-state index contributed by atoms with van der Waals surface area (Å²) in [7, 11) is 2.98. The van der Waals surface area contributed by atoms with Gasteiger partial charge >= 0.3 is 5.97 Å². The smallest absolute Gasteiger partial charge is 0.354 e. The number of esters is 1. The lowest BCUT2D eigenvalue weighted by atomic mass is 9.96. The van der Waals surface area contributed by atoms with E-state index >= 15 is 0 Å². The van der Waals surface area contributed by atoms with E-state index < -0.39 is 29.3 Å². The van der Waals surface area contributed by atoms with Crippen molar-refractivity contribution in [1.82, 2.24) is 19.3 Å². The predicted octanol–water partition coefficient (Wildman–Crippen LogP) is 4.41. The van der Waals surface area contributed by atoms with Gasteiger partial charge in [0.1, 0.15) is 29.2 Å². The van der Waals surface area contributed by atoms with Gasteiger partial charge in [-0.1, -0.05) is 32.4 Å². The Hall–Kier alpha value is -4.03. The molecule has 4 rings (SSSR count). The summed E-state index contributed by atoms with van der Waals surface area (Å²) in [5.74, 6) is -1.17. The number of hydrogen-bond donors (Lipinski definition) is 0. The molecule has 4 aromatic rings. The Bertz CT molecular complexity index is 1600. The first-order valence-electron chi connectivity index (χ1n) is 11.7. The molecule has 0 radical (unpaired) electrons. The highest BCUT2D eigenvalue weighted by Gasteiger charge is 2.29. The number of Topliss-reactive ketones (excluding diaryl/α,β-unsaturated/α-hetero) is 1. The summed E-state index contributed by atoms with van der Waals surface area (Å²) in [6.45, 7) is 5.27. The first-order valence-corrected chi connectivity index (χ1v) is 12.9. The number of aromatic nitrogens is 4.